The molecule has 0 bridgehead atoms. The number of terminal acetylenes is 1. The molecule has 8 nitrogen and oxygen atoms in total. The second-order valence-electron chi connectivity index (χ2n) is 4.64. The zero-order chi connectivity index (χ0) is 17.3. The summed E-state index contributed by atoms with van der Waals surface area (Å²) >= 11 is 1.12. The molecule has 0 atom stereocenters. The Bertz CT molecular complexity index is 1130. The number of rotatable bonds is 3. The van der Waals surface area contributed by atoms with Crippen molar-refractivity contribution >= 4 is 37.5 Å². The molecule has 0 unspecified atom stereocenters. The zero-order valence-electron chi connectivity index (χ0n) is 12.0. The van der Waals surface area contributed by atoms with E-state index in [0.717, 1.165) is 11.3 Å². The number of sulfonamides is 1. The van der Waals surface area contributed by atoms with Crippen LogP contribution in [0.2, 0.25) is 0 Å². The first-order chi connectivity index (χ1) is 11.4. The van der Waals surface area contributed by atoms with Crippen molar-refractivity contribution in [3.63, 3.8) is 0 Å². The molecule has 0 spiro atoms. The highest BCUT2D eigenvalue weighted by Gasteiger charge is 2.14. The fourth-order valence-corrected chi connectivity index (χ4v) is 3.71. The predicted molar refractivity (Wildman–Crippen MR) is 86.4 cm³/mol. The van der Waals surface area contributed by atoms with Gasteiger partial charge in [-0.15, -0.1) is 6.42 Å². The number of thiazole rings is 1. The Balaban J connectivity index is 2.22. The van der Waals surface area contributed by atoms with Crippen molar-refractivity contribution in [3.05, 3.63) is 41.0 Å². The fourth-order valence-electron chi connectivity index (χ4n) is 2.03. The monoisotopic (exact) mass is 362 g/mol. The molecule has 2 N–H and O–H groups in total. The van der Waals surface area contributed by atoms with Crippen LogP contribution in [0.4, 0.5) is 0 Å². The molecule has 0 saturated heterocycles. The van der Waals surface area contributed by atoms with Crippen LogP contribution in [0.5, 0.6) is 0 Å². The predicted octanol–water partition coefficient (Wildman–Crippen LogP) is 0.712. The van der Waals surface area contributed by atoms with Gasteiger partial charge in [-0.25, -0.2) is 13.6 Å². The van der Waals surface area contributed by atoms with Gasteiger partial charge < -0.3 is 9.09 Å². The normalized spacial score (nSPS) is 12.4. The number of hydrogen-bond acceptors (Lipinski definition) is 6. The lowest BCUT2D eigenvalue weighted by atomic mass is 10.3. The molecule has 0 aliphatic carbocycles. The van der Waals surface area contributed by atoms with E-state index in [1.807, 2.05) is 0 Å². The third-order valence-corrected chi connectivity index (χ3v) is 5.03. The van der Waals surface area contributed by atoms with Crippen LogP contribution in [0, 0.1) is 12.3 Å². The van der Waals surface area contributed by atoms with E-state index in [9.17, 15) is 13.2 Å². The summed E-state index contributed by atoms with van der Waals surface area (Å²) in [5.41, 5.74) is 0.648. The molecular weight excluding hydrogens is 352 g/mol. The maximum Gasteiger partial charge on any atom is 0.318 e. The lowest BCUT2D eigenvalue weighted by Gasteiger charge is -2.01. The number of carbonyl (C=O) groups is 1. The molecule has 1 aromatic carbocycles. The number of nitrogens with two attached hydrogens (primary N) is 1. The van der Waals surface area contributed by atoms with Gasteiger partial charge in [-0.2, -0.15) is 4.99 Å². The minimum atomic E-state index is -3.83. The van der Waals surface area contributed by atoms with E-state index in [4.69, 9.17) is 16.1 Å². The molecule has 1 amide bonds. The Morgan fingerprint density at radius 2 is 2.25 bits per heavy atom. The number of aromatic nitrogens is 2. The van der Waals surface area contributed by atoms with E-state index in [1.165, 1.54) is 24.4 Å². The number of nitrogens with zero attached hydrogens (tertiary/aromatic N) is 3. The lowest BCUT2D eigenvalue weighted by Crippen LogP contribution is -2.16. The summed E-state index contributed by atoms with van der Waals surface area (Å²) in [6.45, 7) is 0.164. The van der Waals surface area contributed by atoms with Crippen LogP contribution >= 0.6 is 11.3 Å². The number of carbonyl (C=O) groups excluding carboxylic acids is 1. The van der Waals surface area contributed by atoms with Crippen LogP contribution in [0.25, 0.3) is 10.2 Å². The highest BCUT2D eigenvalue weighted by atomic mass is 32.2. The van der Waals surface area contributed by atoms with Gasteiger partial charge in [0.2, 0.25) is 15.8 Å². The molecular formula is C14H10N4O4S2. The van der Waals surface area contributed by atoms with Crippen LogP contribution in [0.3, 0.4) is 0 Å². The van der Waals surface area contributed by atoms with Gasteiger partial charge >= 0.3 is 5.91 Å². The van der Waals surface area contributed by atoms with Crippen LogP contribution in [-0.2, 0) is 16.6 Å². The van der Waals surface area contributed by atoms with Gasteiger partial charge in [0, 0.05) is 6.07 Å². The van der Waals surface area contributed by atoms with Crippen molar-refractivity contribution in [2.45, 2.75) is 11.4 Å². The Morgan fingerprint density at radius 1 is 1.46 bits per heavy atom. The Hall–Kier alpha value is -2.74. The summed E-state index contributed by atoms with van der Waals surface area (Å²) in [6, 6.07) is 5.75. The topological polar surface area (TPSA) is 121 Å². The minimum absolute atomic E-state index is 0.00932. The van der Waals surface area contributed by atoms with Gasteiger partial charge in [0.1, 0.15) is 0 Å². The van der Waals surface area contributed by atoms with Crippen molar-refractivity contribution in [1.29, 1.82) is 0 Å². The smallest absolute Gasteiger partial charge is 0.318 e. The third kappa shape index (κ3) is 3.00. The lowest BCUT2D eigenvalue weighted by molar-refractivity contribution is 0.0962. The number of primary sulfonamides is 1. The first kappa shape index (κ1) is 16.1. The third-order valence-electron chi connectivity index (χ3n) is 3.08. The van der Waals surface area contributed by atoms with Crippen molar-refractivity contribution in [1.82, 2.24) is 9.72 Å². The van der Waals surface area contributed by atoms with Crippen LogP contribution in [-0.4, -0.2) is 24.0 Å². The Labute approximate surface area is 140 Å². The maximum absolute atomic E-state index is 12.1. The van der Waals surface area contributed by atoms with E-state index in [1.54, 1.807) is 10.6 Å². The maximum atomic E-state index is 12.1. The number of benzene rings is 1. The number of amides is 1. The summed E-state index contributed by atoms with van der Waals surface area (Å²) in [4.78, 5) is 16.3. The largest absolute Gasteiger partial charge is 0.351 e. The molecule has 122 valence electrons. The van der Waals surface area contributed by atoms with E-state index in [-0.39, 0.29) is 17.2 Å². The molecule has 3 rings (SSSR count). The molecule has 2 aromatic heterocycles. The zero-order valence-corrected chi connectivity index (χ0v) is 13.7. The molecule has 0 aliphatic rings. The minimum Gasteiger partial charge on any atom is -0.351 e. The summed E-state index contributed by atoms with van der Waals surface area (Å²) in [5, 5.41) is 8.59. The first-order valence-electron chi connectivity index (χ1n) is 6.49. The fraction of sp³-hybridized carbons (Fsp3) is 0.0714. The second kappa shape index (κ2) is 6.04. The Kier molecular flexibility index (Phi) is 4.06. The van der Waals surface area contributed by atoms with Crippen LogP contribution in [0.1, 0.15) is 10.6 Å². The average molecular weight is 362 g/mol. The quantitative estimate of drug-likeness (QED) is 0.688. The molecule has 10 heteroatoms. The van der Waals surface area contributed by atoms with Gasteiger partial charge in [-0.1, -0.05) is 22.4 Å². The Morgan fingerprint density at radius 3 is 2.88 bits per heavy atom. The number of hydrogen-bond donors (Lipinski definition) is 1. The van der Waals surface area contributed by atoms with Gasteiger partial charge in [0.15, 0.2) is 4.80 Å². The van der Waals surface area contributed by atoms with E-state index >= 15 is 0 Å². The molecule has 0 fully saturated rings. The molecule has 24 heavy (non-hydrogen) atoms. The van der Waals surface area contributed by atoms with Gasteiger partial charge in [-0.3, -0.25) is 4.79 Å². The second-order valence-corrected chi connectivity index (χ2v) is 7.21. The van der Waals surface area contributed by atoms with Crippen molar-refractivity contribution in [3.8, 4) is 12.3 Å². The highest BCUT2D eigenvalue weighted by molar-refractivity contribution is 7.89. The highest BCUT2D eigenvalue weighted by Crippen LogP contribution is 2.21. The SMILES string of the molecule is C#CCn1c(=NC(=O)c2ccno2)sc2cc(S(N)(=O)=O)ccc21. The van der Waals surface area contributed by atoms with Crippen molar-refractivity contribution < 1.29 is 17.7 Å². The van der Waals surface area contributed by atoms with Gasteiger partial charge in [-0.05, 0) is 18.2 Å². The van der Waals surface area contributed by atoms with Crippen molar-refractivity contribution in [2.24, 2.45) is 10.1 Å². The molecule has 0 saturated carbocycles. The molecule has 0 radical (unpaired) electrons. The van der Waals surface area contributed by atoms with Crippen LogP contribution in [0.15, 0.2) is 44.9 Å². The first-order valence-corrected chi connectivity index (χ1v) is 8.86. The molecule has 3 aromatic rings. The summed E-state index contributed by atoms with van der Waals surface area (Å²) < 4.78 is 29.9. The average Bonchev–Trinajstić information content (AvgIpc) is 3.15. The van der Waals surface area contributed by atoms with E-state index < -0.39 is 15.9 Å². The molecule has 2 heterocycles. The van der Waals surface area contributed by atoms with E-state index in [0.29, 0.717) is 15.0 Å². The van der Waals surface area contributed by atoms with Gasteiger partial charge in [0.05, 0.1) is 27.9 Å². The number of fused-ring (bicyclic) bond motifs is 1. The van der Waals surface area contributed by atoms with E-state index in [2.05, 4.69) is 16.1 Å². The van der Waals surface area contributed by atoms with Crippen molar-refractivity contribution in [2.75, 3.05) is 0 Å². The van der Waals surface area contributed by atoms with Gasteiger partial charge in [0.25, 0.3) is 0 Å². The van der Waals surface area contributed by atoms with Crippen LogP contribution < -0.4 is 9.94 Å². The summed E-state index contributed by atoms with van der Waals surface area (Å²) in [7, 11) is -3.83. The summed E-state index contributed by atoms with van der Waals surface area (Å²) in [6.07, 6.45) is 6.70. The summed E-state index contributed by atoms with van der Waals surface area (Å²) in [5.74, 6) is 1.85. The standard InChI is InChI=1S/C14H10N4O4S2/c1-2-7-18-10-4-3-9(24(15,20)21)8-12(10)23-14(18)17-13(19)11-5-6-16-22-11/h1,3-6,8H,7H2,(H2,15,20,21). The molecule has 0 aliphatic heterocycles.